The third-order valence-corrected chi connectivity index (χ3v) is 5.12. The fourth-order valence-electron chi connectivity index (χ4n) is 2.95. The molecular weight excluding hydrogens is 282 g/mol. The molecule has 0 radical (unpaired) electrons. The molecule has 1 fully saturated rings. The van der Waals surface area contributed by atoms with Crippen LogP contribution in [0.25, 0.3) is 10.2 Å². The monoisotopic (exact) mass is 305 g/mol. The molecule has 2 aromatic heterocycles. The molecule has 0 spiro atoms. The Morgan fingerprint density at radius 2 is 2.14 bits per heavy atom. The van der Waals surface area contributed by atoms with Crippen LogP contribution in [0.3, 0.4) is 0 Å². The van der Waals surface area contributed by atoms with Gasteiger partial charge in [0.1, 0.15) is 16.5 Å². The predicted molar refractivity (Wildman–Crippen MR) is 88.9 cm³/mol. The number of nitrogens with one attached hydrogen (secondary N) is 1. The molecule has 114 valence electrons. The van der Waals surface area contributed by atoms with E-state index in [-0.39, 0.29) is 0 Å². The topological polar surface area (TPSA) is 44.3 Å². The third kappa shape index (κ3) is 3.17. The van der Waals surface area contributed by atoms with Crippen LogP contribution in [-0.4, -0.2) is 60.0 Å². The molecule has 0 bridgehead atoms. The van der Waals surface area contributed by atoms with Crippen LogP contribution in [0.4, 0.5) is 5.82 Å². The summed E-state index contributed by atoms with van der Waals surface area (Å²) < 4.78 is 0. The summed E-state index contributed by atoms with van der Waals surface area (Å²) in [7, 11) is 6.31. The van der Waals surface area contributed by atoms with E-state index in [0.717, 1.165) is 28.4 Å². The lowest BCUT2D eigenvalue weighted by molar-refractivity contribution is 0.137. The van der Waals surface area contributed by atoms with E-state index in [0.29, 0.717) is 6.04 Å². The molecule has 1 saturated heterocycles. The maximum absolute atomic E-state index is 4.71. The molecule has 0 atom stereocenters. The van der Waals surface area contributed by atoms with Crippen LogP contribution in [0.5, 0.6) is 0 Å². The number of anilines is 1. The van der Waals surface area contributed by atoms with Crippen LogP contribution in [-0.2, 0) is 6.54 Å². The molecule has 0 amide bonds. The molecule has 3 rings (SSSR count). The van der Waals surface area contributed by atoms with Crippen LogP contribution >= 0.6 is 11.3 Å². The Labute approximate surface area is 130 Å². The van der Waals surface area contributed by atoms with Crippen molar-refractivity contribution in [1.29, 1.82) is 0 Å². The molecular formula is C15H23N5S. The summed E-state index contributed by atoms with van der Waals surface area (Å²) in [6.07, 6.45) is 2.46. The first-order valence-corrected chi connectivity index (χ1v) is 8.36. The van der Waals surface area contributed by atoms with Gasteiger partial charge in [0, 0.05) is 13.1 Å². The van der Waals surface area contributed by atoms with Crippen LogP contribution in [0.15, 0.2) is 11.4 Å². The van der Waals surface area contributed by atoms with Crippen molar-refractivity contribution in [3.63, 3.8) is 0 Å². The molecule has 21 heavy (non-hydrogen) atoms. The summed E-state index contributed by atoms with van der Waals surface area (Å²) in [6.45, 7) is 3.18. The Kier molecular flexibility index (Phi) is 4.37. The van der Waals surface area contributed by atoms with Crippen molar-refractivity contribution in [2.45, 2.75) is 25.4 Å². The number of likely N-dealkylation sites (tertiary alicyclic amines) is 1. The Morgan fingerprint density at radius 1 is 1.38 bits per heavy atom. The Bertz CT molecular complexity index is 603. The Morgan fingerprint density at radius 3 is 2.86 bits per heavy atom. The molecule has 0 aliphatic carbocycles. The van der Waals surface area contributed by atoms with Crippen molar-refractivity contribution < 1.29 is 0 Å². The summed E-state index contributed by atoms with van der Waals surface area (Å²) >= 11 is 1.68. The standard InChI is InChI=1S/C15H23N5S/c1-16-14-12-6-9-21-15(12)18-13(17-14)10-20(3)11-4-7-19(2)8-5-11/h6,9,11H,4-5,7-8,10H2,1-3H3,(H,16,17,18). The van der Waals surface area contributed by atoms with Crippen LogP contribution in [0, 0.1) is 0 Å². The van der Waals surface area contributed by atoms with Gasteiger partial charge in [-0.15, -0.1) is 11.3 Å². The molecule has 5 nitrogen and oxygen atoms in total. The zero-order chi connectivity index (χ0) is 14.8. The van der Waals surface area contributed by atoms with Crippen molar-refractivity contribution in [3.05, 3.63) is 17.3 Å². The summed E-state index contributed by atoms with van der Waals surface area (Å²) in [4.78, 5) is 15.3. The largest absolute Gasteiger partial charge is 0.372 e. The van der Waals surface area contributed by atoms with Gasteiger partial charge >= 0.3 is 0 Å². The predicted octanol–water partition coefficient (Wildman–Crippen LogP) is 2.26. The van der Waals surface area contributed by atoms with Crippen molar-refractivity contribution in [2.24, 2.45) is 0 Å². The highest BCUT2D eigenvalue weighted by atomic mass is 32.1. The highest BCUT2D eigenvalue weighted by Gasteiger charge is 2.21. The average molecular weight is 305 g/mol. The zero-order valence-electron chi connectivity index (χ0n) is 13.0. The number of rotatable bonds is 4. The lowest BCUT2D eigenvalue weighted by Gasteiger charge is -2.34. The fourth-order valence-corrected chi connectivity index (χ4v) is 3.73. The summed E-state index contributed by atoms with van der Waals surface area (Å²) in [5, 5.41) is 6.38. The number of piperidine rings is 1. The van der Waals surface area contributed by atoms with E-state index in [4.69, 9.17) is 4.98 Å². The van der Waals surface area contributed by atoms with Gasteiger partial charge in [-0.1, -0.05) is 0 Å². The van der Waals surface area contributed by atoms with Gasteiger partial charge in [-0.05, 0) is 51.5 Å². The zero-order valence-corrected chi connectivity index (χ0v) is 13.8. The first kappa shape index (κ1) is 14.7. The molecule has 1 aliphatic rings. The van der Waals surface area contributed by atoms with Gasteiger partial charge in [-0.25, -0.2) is 9.97 Å². The number of aromatic nitrogens is 2. The number of hydrogen-bond acceptors (Lipinski definition) is 6. The second-order valence-electron chi connectivity index (χ2n) is 5.83. The third-order valence-electron chi connectivity index (χ3n) is 4.31. The van der Waals surface area contributed by atoms with Gasteiger partial charge in [0.15, 0.2) is 0 Å². The maximum Gasteiger partial charge on any atom is 0.146 e. The van der Waals surface area contributed by atoms with E-state index in [1.54, 1.807) is 11.3 Å². The normalized spacial score (nSPS) is 17.7. The fraction of sp³-hybridized carbons (Fsp3) is 0.600. The quantitative estimate of drug-likeness (QED) is 0.938. The number of fused-ring (bicyclic) bond motifs is 1. The smallest absolute Gasteiger partial charge is 0.146 e. The Balaban J connectivity index is 1.74. The van der Waals surface area contributed by atoms with Crippen molar-refractivity contribution in [2.75, 3.05) is 39.5 Å². The molecule has 1 aliphatic heterocycles. The van der Waals surface area contributed by atoms with Gasteiger partial charge in [-0.2, -0.15) is 0 Å². The summed E-state index contributed by atoms with van der Waals surface area (Å²) in [6, 6.07) is 2.72. The van der Waals surface area contributed by atoms with Gasteiger partial charge in [0.05, 0.1) is 11.9 Å². The first-order valence-electron chi connectivity index (χ1n) is 7.48. The SMILES string of the molecule is CNc1nc(CN(C)C2CCN(C)CC2)nc2sccc12. The minimum atomic E-state index is 0.641. The van der Waals surface area contributed by atoms with Gasteiger partial charge in [0.2, 0.25) is 0 Å². The second kappa shape index (κ2) is 6.25. The van der Waals surface area contributed by atoms with E-state index in [9.17, 15) is 0 Å². The highest BCUT2D eigenvalue weighted by molar-refractivity contribution is 7.16. The van der Waals surface area contributed by atoms with E-state index in [1.807, 2.05) is 7.05 Å². The highest BCUT2D eigenvalue weighted by Crippen LogP contribution is 2.25. The van der Waals surface area contributed by atoms with Crippen LogP contribution in [0.1, 0.15) is 18.7 Å². The van der Waals surface area contributed by atoms with Crippen molar-refractivity contribution >= 4 is 27.4 Å². The van der Waals surface area contributed by atoms with Crippen LogP contribution in [0.2, 0.25) is 0 Å². The van der Waals surface area contributed by atoms with Gasteiger partial charge in [-0.3, -0.25) is 4.90 Å². The first-order chi connectivity index (χ1) is 10.2. The second-order valence-corrected chi connectivity index (χ2v) is 6.72. The van der Waals surface area contributed by atoms with Crippen molar-refractivity contribution in [1.82, 2.24) is 19.8 Å². The molecule has 0 saturated carbocycles. The average Bonchev–Trinajstić information content (AvgIpc) is 2.95. The molecule has 2 aromatic rings. The number of thiophene rings is 1. The van der Waals surface area contributed by atoms with E-state index < -0.39 is 0 Å². The molecule has 6 heteroatoms. The molecule has 0 unspecified atom stereocenters. The Hall–Kier alpha value is -1.24. The minimum Gasteiger partial charge on any atom is -0.372 e. The van der Waals surface area contributed by atoms with Crippen molar-refractivity contribution in [3.8, 4) is 0 Å². The van der Waals surface area contributed by atoms with E-state index in [2.05, 4.69) is 45.6 Å². The molecule has 1 N–H and O–H groups in total. The van der Waals surface area contributed by atoms with E-state index in [1.165, 1.54) is 25.9 Å². The minimum absolute atomic E-state index is 0.641. The van der Waals surface area contributed by atoms with Gasteiger partial charge in [0.25, 0.3) is 0 Å². The lowest BCUT2D eigenvalue weighted by atomic mass is 10.0. The molecule has 0 aromatic carbocycles. The number of nitrogens with zero attached hydrogens (tertiary/aromatic N) is 4. The van der Waals surface area contributed by atoms with Crippen LogP contribution < -0.4 is 5.32 Å². The lowest BCUT2D eigenvalue weighted by Crippen LogP contribution is -2.41. The summed E-state index contributed by atoms with van der Waals surface area (Å²) in [5.41, 5.74) is 0. The molecule has 3 heterocycles. The maximum atomic E-state index is 4.71. The number of hydrogen-bond donors (Lipinski definition) is 1. The van der Waals surface area contributed by atoms with Gasteiger partial charge < -0.3 is 10.2 Å². The van der Waals surface area contributed by atoms with E-state index >= 15 is 0 Å². The summed E-state index contributed by atoms with van der Waals surface area (Å²) in [5.74, 6) is 1.85.